The van der Waals surface area contributed by atoms with E-state index < -0.39 is 51.1 Å². The molecule has 2 aliphatic carbocycles. The molecule has 8 nitrogen and oxygen atoms in total. The van der Waals surface area contributed by atoms with Crippen LogP contribution in [0.5, 0.6) is 11.5 Å². The third-order valence-electron chi connectivity index (χ3n) is 8.42. The van der Waals surface area contributed by atoms with Gasteiger partial charge < -0.3 is 9.84 Å². The van der Waals surface area contributed by atoms with Gasteiger partial charge in [0, 0.05) is 24.6 Å². The lowest BCUT2D eigenvalue weighted by Gasteiger charge is -2.50. The maximum absolute atomic E-state index is 13.5. The summed E-state index contributed by atoms with van der Waals surface area (Å²) >= 11 is 14.1. The molecule has 10 heteroatoms. The van der Waals surface area contributed by atoms with E-state index in [1.54, 1.807) is 12.1 Å². The minimum atomic E-state index is -1.95. The molecule has 0 spiro atoms. The molecule has 2 heterocycles. The zero-order valence-corrected chi connectivity index (χ0v) is 21.8. The van der Waals surface area contributed by atoms with Crippen molar-refractivity contribution in [3.8, 4) is 11.5 Å². The van der Waals surface area contributed by atoms with Gasteiger partial charge >= 0.3 is 0 Å². The number of aromatic hydroxyl groups is 1. The monoisotopic (exact) mass is 554 g/mol. The number of fused-ring (bicyclic) bond motifs is 4. The molecule has 0 unspecified atom stereocenters. The van der Waals surface area contributed by atoms with Gasteiger partial charge in [-0.3, -0.25) is 29.4 Å². The van der Waals surface area contributed by atoms with Crippen molar-refractivity contribution in [2.45, 2.75) is 35.1 Å². The van der Waals surface area contributed by atoms with Crippen LogP contribution in [0.1, 0.15) is 29.9 Å². The molecule has 0 radical (unpaired) electrons. The third-order valence-corrected chi connectivity index (χ3v) is 9.83. The topological polar surface area (TPSA) is 113 Å². The van der Waals surface area contributed by atoms with E-state index >= 15 is 0 Å². The number of amides is 4. The fourth-order valence-corrected chi connectivity index (χ4v) is 7.61. The maximum Gasteiger partial charge on any atom is 0.253 e. The zero-order chi connectivity index (χ0) is 27.0. The number of allylic oxidation sites excluding steroid dienone is 2. The Morgan fingerprint density at radius 2 is 1.76 bits per heavy atom. The Morgan fingerprint density at radius 1 is 1.03 bits per heavy atom. The fraction of sp³-hybridized carbons (Fsp3) is 0.357. The molecule has 6 atom stereocenters. The van der Waals surface area contributed by atoms with Crippen LogP contribution in [0.15, 0.2) is 60.2 Å². The highest BCUT2D eigenvalue weighted by Crippen LogP contribution is 2.65. The number of hydrogen-bond donors (Lipinski definition) is 2. The number of nitrogens with one attached hydrogen (secondary N) is 1. The molecule has 2 aliphatic heterocycles. The number of halogens is 2. The maximum atomic E-state index is 13.5. The predicted molar refractivity (Wildman–Crippen MR) is 138 cm³/mol. The Labute approximate surface area is 228 Å². The number of phenols is 1. The molecular weight excluding hydrogens is 531 g/mol. The second kappa shape index (κ2) is 8.58. The lowest BCUT2D eigenvalue weighted by molar-refractivity contribution is -0.138. The summed E-state index contributed by atoms with van der Waals surface area (Å²) in [6.45, 7) is 0.282. The van der Waals surface area contributed by atoms with Gasteiger partial charge in [0.1, 0.15) is 18.1 Å². The van der Waals surface area contributed by atoms with Gasteiger partial charge in [0.15, 0.2) is 9.75 Å². The predicted octanol–water partition coefficient (Wildman–Crippen LogP) is 3.25. The van der Waals surface area contributed by atoms with Crippen molar-refractivity contribution in [2.75, 3.05) is 7.05 Å². The molecule has 196 valence electrons. The molecular formula is C28H24Cl2N2O6. The highest BCUT2D eigenvalue weighted by molar-refractivity contribution is 6.53. The van der Waals surface area contributed by atoms with Gasteiger partial charge in [-0.2, -0.15) is 0 Å². The number of phenolic OH excluding ortho intramolecular Hbond substituents is 1. The van der Waals surface area contributed by atoms with Crippen LogP contribution in [0.2, 0.25) is 0 Å². The summed E-state index contributed by atoms with van der Waals surface area (Å²) in [7, 11) is 1.32. The summed E-state index contributed by atoms with van der Waals surface area (Å²) < 4.78 is 5.84. The molecule has 6 rings (SSSR count). The molecule has 4 aliphatic rings. The van der Waals surface area contributed by atoms with E-state index in [-0.39, 0.29) is 36.7 Å². The Balaban J connectivity index is 1.45. The van der Waals surface area contributed by atoms with Gasteiger partial charge in [-0.1, -0.05) is 48.0 Å². The van der Waals surface area contributed by atoms with Gasteiger partial charge in [0.05, 0.1) is 11.8 Å². The average Bonchev–Trinajstić information content (AvgIpc) is 3.27. The molecule has 38 heavy (non-hydrogen) atoms. The van der Waals surface area contributed by atoms with Crippen LogP contribution < -0.4 is 10.1 Å². The van der Waals surface area contributed by atoms with E-state index in [0.717, 1.165) is 10.5 Å². The fourth-order valence-electron chi connectivity index (χ4n) is 6.60. The number of carbonyl (C=O) groups is 4. The quantitative estimate of drug-likeness (QED) is 0.341. The number of carbonyl (C=O) groups excluding carboxylic acids is 4. The summed E-state index contributed by atoms with van der Waals surface area (Å²) in [6.07, 6.45) is 1.99. The first-order valence-corrected chi connectivity index (χ1v) is 13.1. The first-order valence-electron chi connectivity index (χ1n) is 12.3. The van der Waals surface area contributed by atoms with Crippen molar-refractivity contribution in [1.82, 2.24) is 10.2 Å². The van der Waals surface area contributed by atoms with Crippen molar-refractivity contribution in [3.05, 3.63) is 71.3 Å². The first kappa shape index (κ1) is 24.9. The summed E-state index contributed by atoms with van der Waals surface area (Å²) in [5.74, 6) is -4.92. The van der Waals surface area contributed by atoms with E-state index in [2.05, 4.69) is 5.32 Å². The van der Waals surface area contributed by atoms with Crippen LogP contribution in [0.3, 0.4) is 0 Å². The van der Waals surface area contributed by atoms with Crippen molar-refractivity contribution >= 4 is 46.8 Å². The lowest BCUT2D eigenvalue weighted by Crippen LogP contribution is -2.60. The average molecular weight is 555 g/mol. The SMILES string of the molecule is CN1C(=O)[C@]2(Cl)C[C@@H]3C(=CC[C@@H]4C(=O)NC(=O)[C@@H]43)[C@H](c3ccc(OCc4ccccc4)cc3O)[C@]2(Cl)C1=O. The highest BCUT2D eigenvalue weighted by atomic mass is 35.5. The number of benzene rings is 2. The van der Waals surface area contributed by atoms with Crippen molar-refractivity contribution in [2.24, 2.45) is 17.8 Å². The van der Waals surface area contributed by atoms with Crippen molar-refractivity contribution in [3.63, 3.8) is 0 Å². The summed E-state index contributed by atoms with van der Waals surface area (Å²) in [4.78, 5) is 49.2. The lowest BCUT2D eigenvalue weighted by atomic mass is 9.56. The number of ether oxygens (including phenoxy) is 1. The molecule has 0 aromatic heterocycles. The van der Waals surface area contributed by atoms with Crippen LogP contribution in [-0.2, 0) is 25.8 Å². The number of likely N-dealkylation sites (tertiary alicyclic amines) is 1. The summed E-state index contributed by atoms with van der Waals surface area (Å²) in [5, 5.41) is 13.6. The smallest absolute Gasteiger partial charge is 0.253 e. The standard InChI is InChI=1S/C28H24Cl2N2O6/c1-32-25(36)27(29)12-19-16(9-10-18-21(19)24(35)31-23(18)34)22(28(27,30)26(32)37)17-8-7-15(11-20(17)33)38-13-14-5-3-2-4-6-14/h2-9,11,18-19,21-22,33H,10,12-13H2,1H3,(H,31,34,35)/t18-,19+,21-,22+,27+,28-/m0/s1. The Hall–Kier alpha value is -3.36. The third kappa shape index (κ3) is 3.29. The normalized spacial score (nSPS) is 33.9. The molecule has 1 saturated carbocycles. The van der Waals surface area contributed by atoms with Crippen LogP contribution in [-0.4, -0.2) is 50.4 Å². The van der Waals surface area contributed by atoms with Crippen molar-refractivity contribution < 1.29 is 29.0 Å². The minimum absolute atomic E-state index is 0.0871. The summed E-state index contributed by atoms with van der Waals surface area (Å²) in [5.41, 5.74) is 1.85. The Kier molecular flexibility index (Phi) is 5.63. The van der Waals surface area contributed by atoms with E-state index in [0.29, 0.717) is 11.3 Å². The van der Waals surface area contributed by atoms with Crippen LogP contribution in [0.4, 0.5) is 0 Å². The molecule has 0 bridgehead atoms. The van der Waals surface area contributed by atoms with E-state index in [1.165, 1.54) is 13.1 Å². The van der Waals surface area contributed by atoms with Crippen LogP contribution in [0.25, 0.3) is 0 Å². The number of rotatable bonds is 4. The number of hydrogen-bond acceptors (Lipinski definition) is 6. The molecule has 3 fully saturated rings. The van der Waals surface area contributed by atoms with Gasteiger partial charge in [-0.25, -0.2) is 0 Å². The van der Waals surface area contributed by atoms with E-state index in [4.69, 9.17) is 27.9 Å². The molecule has 2 aromatic carbocycles. The van der Waals surface area contributed by atoms with Gasteiger partial charge in [0.2, 0.25) is 11.8 Å². The van der Waals surface area contributed by atoms with Gasteiger partial charge in [0.25, 0.3) is 11.8 Å². The summed E-state index contributed by atoms with van der Waals surface area (Å²) in [6, 6.07) is 14.2. The van der Waals surface area contributed by atoms with E-state index in [9.17, 15) is 24.3 Å². The van der Waals surface area contributed by atoms with Crippen LogP contribution in [0, 0.1) is 17.8 Å². The first-order chi connectivity index (χ1) is 18.1. The molecule has 2 N–H and O–H groups in total. The molecule has 2 saturated heterocycles. The highest BCUT2D eigenvalue weighted by Gasteiger charge is 2.75. The van der Waals surface area contributed by atoms with Crippen molar-refractivity contribution in [1.29, 1.82) is 0 Å². The second-order valence-electron chi connectivity index (χ2n) is 10.3. The van der Waals surface area contributed by atoms with E-state index in [1.807, 2.05) is 36.4 Å². The van der Waals surface area contributed by atoms with Crippen LogP contribution >= 0.6 is 23.2 Å². The molecule has 2 aromatic rings. The Bertz CT molecular complexity index is 1430. The number of alkyl halides is 2. The van der Waals surface area contributed by atoms with Gasteiger partial charge in [-0.15, -0.1) is 23.2 Å². The minimum Gasteiger partial charge on any atom is -0.508 e. The largest absolute Gasteiger partial charge is 0.508 e. The number of imide groups is 2. The molecule has 4 amide bonds. The zero-order valence-electron chi connectivity index (χ0n) is 20.3. The second-order valence-corrected chi connectivity index (χ2v) is 11.6. The Morgan fingerprint density at radius 3 is 2.47 bits per heavy atom. The number of nitrogens with zero attached hydrogens (tertiary/aromatic N) is 1. The van der Waals surface area contributed by atoms with Gasteiger partial charge in [-0.05, 0) is 30.4 Å².